The van der Waals surface area contributed by atoms with Crippen molar-refractivity contribution in [3.05, 3.63) is 88.7 Å². The van der Waals surface area contributed by atoms with Gasteiger partial charge in [0.25, 0.3) is 0 Å². The molecular weight excluding hydrogens is 435 g/mol. The predicted molar refractivity (Wildman–Crippen MR) is 128 cm³/mol. The highest BCUT2D eigenvalue weighted by molar-refractivity contribution is 5.77. The minimum atomic E-state index is -0.457. The first-order valence-electron chi connectivity index (χ1n) is 11.2. The second-order valence-electron chi connectivity index (χ2n) is 8.22. The maximum Gasteiger partial charge on any atom is 0.318 e. The van der Waals surface area contributed by atoms with Crippen molar-refractivity contribution in [3.8, 4) is 17.2 Å². The number of rotatable bonds is 6. The van der Waals surface area contributed by atoms with E-state index in [4.69, 9.17) is 14.2 Å². The summed E-state index contributed by atoms with van der Waals surface area (Å²) in [5.74, 6) is 1.42. The molecule has 7 heteroatoms. The SMILES string of the molecule is COc1cc2c(cc1OC)C(c1ccccc1)N(C(=O)NC(C)c1cc(F)ccc1OC)CC2. The van der Waals surface area contributed by atoms with Gasteiger partial charge in [0.15, 0.2) is 11.5 Å². The van der Waals surface area contributed by atoms with Crippen LogP contribution in [0.5, 0.6) is 17.2 Å². The number of benzene rings is 3. The van der Waals surface area contributed by atoms with E-state index < -0.39 is 6.04 Å². The number of carbonyl (C=O) groups excluding carboxylic acids is 1. The highest BCUT2D eigenvalue weighted by Crippen LogP contribution is 2.41. The van der Waals surface area contributed by atoms with Gasteiger partial charge in [0, 0.05) is 12.1 Å². The lowest BCUT2D eigenvalue weighted by atomic mass is 9.88. The molecule has 0 bridgehead atoms. The molecule has 0 saturated heterocycles. The lowest BCUT2D eigenvalue weighted by molar-refractivity contribution is 0.176. The van der Waals surface area contributed by atoms with E-state index in [1.807, 2.05) is 54.3 Å². The smallest absolute Gasteiger partial charge is 0.318 e. The normalized spacial score (nSPS) is 15.8. The van der Waals surface area contributed by atoms with E-state index >= 15 is 0 Å². The minimum Gasteiger partial charge on any atom is -0.496 e. The Balaban J connectivity index is 1.70. The molecule has 6 nitrogen and oxygen atoms in total. The first kappa shape index (κ1) is 23.4. The Morgan fingerprint density at radius 3 is 2.32 bits per heavy atom. The van der Waals surface area contributed by atoms with E-state index in [1.165, 1.54) is 19.2 Å². The van der Waals surface area contributed by atoms with Crippen LogP contribution in [0, 0.1) is 5.82 Å². The predicted octanol–water partition coefficient (Wildman–Crippen LogP) is 5.27. The number of carbonyl (C=O) groups is 1. The average Bonchev–Trinajstić information content (AvgIpc) is 2.87. The molecule has 1 aliphatic rings. The van der Waals surface area contributed by atoms with Crippen molar-refractivity contribution in [3.63, 3.8) is 0 Å². The van der Waals surface area contributed by atoms with E-state index in [1.54, 1.807) is 20.3 Å². The highest BCUT2D eigenvalue weighted by Gasteiger charge is 2.34. The zero-order chi connectivity index (χ0) is 24.2. The summed E-state index contributed by atoms with van der Waals surface area (Å²) in [5.41, 5.74) is 3.66. The Morgan fingerprint density at radius 2 is 1.65 bits per heavy atom. The Bertz CT molecular complexity index is 1170. The minimum absolute atomic E-state index is 0.242. The van der Waals surface area contributed by atoms with Crippen molar-refractivity contribution in [1.29, 1.82) is 0 Å². The fourth-order valence-electron chi connectivity index (χ4n) is 4.55. The molecule has 3 aromatic rings. The van der Waals surface area contributed by atoms with Crippen LogP contribution in [0.25, 0.3) is 0 Å². The molecule has 0 aromatic heterocycles. The lowest BCUT2D eigenvalue weighted by Crippen LogP contribution is -2.46. The van der Waals surface area contributed by atoms with Crippen LogP contribution in [0.2, 0.25) is 0 Å². The zero-order valence-corrected chi connectivity index (χ0v) is 19.8. The Kier molecular flexibility index (Phi) is 6.91. The van der Waals surface area contributed by atoms with Gasteiger partial charge in [0.1, 0.15) is 11.6 Å². The number of urea groups is 1. The summed E-state index contributed by atoms with van der Waals surface area (Å²) >= 11 is 0. The van der Waals surface area contributed by atoms with Gasteiger partial charge in [0.05, 0.1) is 33.4 Å². The quantitative estimate of drug-likeness (QED) is 0.540. The third kappa shape index (κ3) is 4.51. The summed E-state index contributed by atoms with van der Waals surface area (Å²) in [5, 5.41) is 3.03. The second kappa shape index (κ2) is 10.0. The van der Waals surface area contributed by atoms with Gasteiger partial charge in [-0.3, -0.25) is 0 Å². The molecule has 34 heavy (non-hydrogen) atoms. The number of methoxy groups -OCH3 is 3. The largest absolute Gasteiger partial charge is 0.496 e. The van der Waals surface area contributed by atoms with Crippen LogP contribution in [0.15, 0.2) is 60.7 Å². The molecule has 3 aromatic carbocycles. The summed E-state index contributed by atoms with van der Waals surface area (Å²) in [6.07, 6.45) is 0.671. The standard InChI is InChI=1S/C27H29FN2O4/c1-17(21-15-20(28)10-11-23(21)32-2)29-27(31)30-13-12-19-14-24(33-3)25(34-4)16-22(19)26(30)18-8-6-5-7-9-18/h5-11,14-17,26H,12-13H2,1-4H3,(H,29,31). The molecular formula is C27H29FN2O4. The van der Waals surface area contributed by atoms with Crippen LogP contribution >= 0.6 is 0 Å². The van der Waals surface area contributed by atoms with Gasteiger partial charge in [-0.1, -0.05) is 30.3 Å². The van der Waals surface area contributed by atoms with Crippen LogP contribution in [-0.2, 0) is 6.42 Å². The molecule has 1 heterocycles. The number of halogens is 1. The molecule has 0 radical (unpaired) electrons. The molecule has 0 aliphatic carbocycles. The first-order valence-corrected chi connectivity index (χ1v) is 11.2. The molecule has 0 saturated carbocycles. The number of nitrogens with one attached hydrogen (secondary N) is 1. The third-order valence-corrected chi connectivity index (χ3v) is 6.25. The van der Waals surface area contributed by atoms with Crippen LogP contribution in [-0.4, -0.2) is 38.8 Å². The van der Waals surface area contributed by atoms with E-state index in [2.05, 4.69) is 5.32 Å². The maximum atomic E-state index is 13.9. The first-order chi connectivity index (χ1) is 16.5. The highest BCUT2D eigenvalue weighted by atomic mass is 19.1. The van der Waals surface area contributed by atoms with E-state index in [9.17, 15) is 9.18 Å². The third-order valence-electron chi connectivity index (χ3n) is 6.25. The molecule has 1 N–H and O–H groups in total. The fourth-order valence-corrected chi connectivity index (χ4v) is 4.55. The Morgan fingerprint density at radius 1 is 0.971 bits per heavy atom. The molecule has 0 fully saturated rings. The Labute approximate surface area is 199 Å². The molecule has 2 atom stereocenters. The second-order valence-corrected chi connectivity index (χ2v) is 8.22. The number of fused-ring (bicyclic) bond motifs is 1. The molecule has 4 rings (SSSR count). The van der Waals surface area contributed by atoms with E-state index in [-0.39, 0.29) is 17.9 Å². The van der Waals surface area contributed by atoms with Crippen molar-refractivity contribution < 1.29 is 23.4 Å². The van der Waals surface area contributed by atoms with Gasteiger partial charge in [0.2, 0.25) is 0 Å². The van der Waals surface area contributed by atoms with Crippen LogP contribution in [0.1, 0.15) is 41.3 Å². The molecule has 178 valence electrons. The average molecular weight is 465 g/mol. The lowest BCUT2D eigenvalue weighted by Gasteiger charge is -2.38. The molecule has 2 amide bonds. The topological polar surface area (TPSA) is 60.0 Å². The van der Waals surface area contributed by atoms with Gasteiger partial charge in [-0.2, -0.15) is 0 Å². The van der Waals surface area contributed by atoms with Gasteiger partial charge >= 0.3 is 6.03 Å². The summed E-state index contributed by atoms with van der Waals surface area (Å²) < 4.78 is 30.3. The van der Waals surface area contributed by atoms with Crippen LogP contribution in [0.3, 0.4) is 0 Å². The van der Waals surface area contributed by atoms with Crippen molar-refractivity contribution >= 4 is 6.03 Å². The summed E-state index contributed by atoms with van der Waals surface area (Å²) in [6, 6.07) is 17.1. The molecule has 2 unspecified atom stereocenters. The van der Waals surface area contributed by atoms with Crippen LogP contribution in [0.4, 0.5) is 9.18 Å². The van der Waals surface area contributed by atoms with Crippen molar-refractivity contribution in [2.24, 2.45) is 0 Å². The van der Waals surface area contributed by atoms with E-state index in [0.717, 1.165) is 16.7 Å². The fraction of sp³-hybridized carbons (Fsp3) is 0.296. The van der Waals surface area contributed by atoms with Gasteiger partial charge in [-0.25, -0.2) is 9.18 Å². The number of amides is 2. The van der Waals surface area contributed by atoms with Crippen LogP contribution < -0.4 is 19.5 Å². The van der Waals surface area contributed by atoms with Gasteiger partial charge in [-0.05, 0) is 60.4 Å². The summed E-state index contributed by atoms with van der Waals surface area (Å²) in [7, 11) is 4.74. The van der Waals surface area contributed by atoms with Gasteiger partial charge < -0.3 is 24.4 Å². The van der Waals surface area contributed by atoms with Crippen molar-refractivity contribution in [2.45, 2.75) is 25.4 Å². The van der Waals surface area contributed by atoms with Gasteiger partial charge in [-0.15, -0.1) is 0 Å². The molecule has 1 aliphatic heterocycles. The Hall–Kier alpha value is -3.74. The monoisotopic (exact) mass is 464 g/mol. The van der Waals surface area contributed by atoms with Crippen molar-refractivity contribution in [2.75, 3.05) is 27.9 Å². The molecule has 0 spiro atoms. The van der Waals surface area contributed by atoms with Crippen molar-refractivity contribution in [1.82, 2.24) is 10.2 Å². The number of hydrogen-bond acceptors (Lipinski definition) is 4. The maximum absolute atomic E-state index is 13.9. The van der Waals surface area contributed by atoms with E-state index in [0.29, 0.717) is 35.8 Å². The summed E-state index contributed by atoms with van der Waals surface area (Å²) in [6.45, 7) is 2.33. The number of nitrogens with zero attached hydrogens (tertiary/aromatic N) is 1. The number of hydrogen-bond donors (Lipinski definition) is 1. The number of ether oxygens (including phenoxy) is 3. The summed E-state index contributed by atoms with van der Waals surface area (Å²) in [4.78, 5) is 15.4. The zero-order valence-electron chi connectivity index (χ0n) is 19.8.